The molecule has 1 amide bonds. The quantitative estimate of drug-likeness (QED) is 0.415. The molecule has 4 rings (SSSR count). The number of piperidine rings is 1. The molecule has 1 aliphatic rings. The molecule has 1 saturated heterocycles. The van der Waals surface area contributed by atoms with Crippen LogP contribution in [-0.2, 0) is 13.0 Å². The molecule has 184 valence electrons. The van der Waals surface area contributed by atoms with Crippen LogP contribution in [0.25, 0.3) is 0 Å². The van der Waals surface area contributed by atoms with Crippen LogP contribution in [0.1, 0.15) is 40.9 Å². The SMILES string of the molecule is Nc1nc(N)c(C(=O)NC2CCCN(CCCc3ccc(OCc4ccccc4)cc3)C2)nc1Cl. The van der Waals surface area contributed by atoms with E-state index in [1.54, 1.807) is 0 Å². The van der Waals surface area contributed by atoms with Crippen molar-refractivity contribution in [2.75, 3.05) is 31.1 Å². The first-order chi connectivity index (χ1) is 17.0. The molecule has 1 fully saturated rings. The van der Waals surface area contributed by atoms with Crippen molar-refractivity contribution in [1.82, 2.24) is 20.2 Å². The Balaban J connectivity index is 1.20. The van der Waals surface area contributed by atoms with Crippen LogP contribution in [0.2, 0.25) is 5.15 Å². The number of rotatable bonds is 9. The Bertz CT molecular complexity index is 1130. The molecule has 9 heteroatoms. The zero-order valence-corrected chi connectivity index (χ0v) is 20.4. The van der Waals surface area contributed by atoms with Crippen molar-refractivity contribution in [3.8, 4) is 5.75 Å². The van der Waals surface area contributed by atoms with Crippen molar-refractivity contribution in [3.63, 3.8) is 0 Å². The summed E-state index contributed by atoms with van der Waals surface area (Å²) in [6.07, 6.45) is 3.95. The number of aromatic nitrogens is 2. The average Bonchev–Trinajstić information content (AvgIpc) is 2.86. The lowest BCUT2D eigenvalue weighted by atomic mass is 10.0. The van der Waals surface area contributed by atoms with Gasteiger partial charge in [0.15, 0.2) is 22.5 Å². The Kier molecular flexibility index (Phi) is 8.39. The Morgan fingerprint density at radius 2 is 1.83 bits per heavy atom. The van der Waals surface area contributed by atoms with Crippen LogP contribution in [0.4, 0.5) is 11.6 Å². The van der Waals surface area contributed by atoms with Crippen molar-refractivity contribution in [2.45, 2.75) is 38.3 Å². The van der Waals surface area contributed by atoms with Gasteiger partial charge in [-0.1, -0.05) is 54.1 Å². The molecule has 35 heavy (non-hydrogen) atoms. The number of nitrogens with one attached hydrogen (secondary N) is 1. The topological polar surface area (TPSA) is 119 Å². The van der Waals surface area contributed by atoms with Crippen LogP contribution in [0.3, 0.4) is 0 Å². The number of hydrogen-bond donors (Lipinski definition) is 3. The molecule has 0 radical (unpaired) electrons. The largest absolute Gasteiger partial charge is 0.489 e. The lowest BCUT2D eigenvalue weighted by Gasteiger charge is -2.33. The molecule has 0 bridgehead atoms. The predicted octanol–water partition coefficient (Wildman–Crippen LogP) is 3.70. The predicted molar refractivity (Wildman–Crippen MR) is 138 cm³/mol. The molecule has 0 saturated carbocycles. The number of nitrogens with zero attached hydrogens (tertiary/aromatic N) is 3. The highest BCUT2D eigenvalue weighted by atomic mass is 35.5. The molecule has 1 aliphatic heterocycles. The van der Waals surface area contributed by atoms with Gasteiger partial charge in [-0.15, -0.1) is 0 Å². The van der Waals surface area contributed by atoms with Crippen LogP contribution >= 0.6 is 11.6 Å². The van der Waals surface area contributed by atoms with Gasteiger partial charge in [0.2, 0.25) is 0 Å². The van der Waals surface area contributed by atoms with Crippen LogP contribution < -0.4 is 21.5 Å². The van der Waals surface area contributed by atoms with Gasteiger partial charge in [0.1, 0.15) is 12.4 Å². The second-order valence-electron chi connectivity index (χ2n) is 8.77. The summed E-state index contributed by atoms with van der Waals surface area (Å²) < 4.78 is 5.87. The van der Waals surface area contributed by atoms with Gasteiger partial charge >= 0.3 is 0 Å². The summed E-state index contributed by atoms with van der Waals surface area (Å²) >= 11 is 5.90. The average molecular weight is 495 g/mol. The Hall–Kier alpha value is -3.36. The van der Waals surface area contributed by atoms with Crippen molar-refractivity contribution < 1.29 is 9.53 Å². The van der Waals surface area contributed by atoms with E-state index in [1.165, 1.54) is 5.56 Å². The van der Waals surface area contributed by atoms with Crippen LogP contribution in [0.5, 0.6) is 5.75 Å². The maximum absolute atomic E-state index is 12.6. The minimum atomic E-state index is -0.377. The number of benzene rings is 2. The summed E-state index contributed by atoms with van der Waals surface area (Å²) in [4.78, 5) is 22.9. The van der Waals surface area contributed by atoms with Crippen LogP contribution in [0.15, 0.2) is 54.6 Å². The number of halogens is 1. The molecule has 0 aliphatic carbocycles. The number of nitrogen functional groups attached to an aromatic ring is 2. The number of nitrogens with two attached hydrogens (primary N) is 2. The normalized spacial score (nSPS) is 16.1. The number of likely N-dealkylation sites (tertiary alicyclic amines) is 1. The highest BCUT2D eigenvalue weighted by Crippen LogP contribution is 2.19. The summed E-state index contributed by atoms with van der Waals surface area (Å²) in [7, 11) is 0. The number of anilines is 2. The third-order valence-corrected chi connectivity index (χ3v) is 6.35. The monoisotopic (exact) mass is 494 g/mol. The molecular formula is C26H31ClN6O2. The lowest BCUT2D eigenvalue weighted by Crippen LogP contribution is -2.48. The van der Waals surface area contributed by atoms with Gasteiger partial charge in [-0.3, -0.25) is 4.79 Å². The van der Waals surface area contributed by atoms with Crippen molar-refractivity contribution in [3.05, 3.63) is 76.6 Å². The van der Waals surface area contributed by atoms with Gasteiger partial charge in [0.25, 0.3) is 5.91 Å². The first-order valence-electron chi connectivity index (χ1n) is 11.9. The Morgan fingerprint density at radius 1 is 1.06 bits per heavy atom. The number of ether oxygens (including phenoxy) is 1. The zero-order chi connectivity index (χ0) is 24.6. The van der Waals surface area contributed by atoms with E-state index in [1.807, 2.05) is 30.3 Å². The van der Waals surface area contributed by atoms with Crippen LogP contribution in [0, 0.1) is 0 Å². The molecule has 5 N–H and O–H groups in total. The maximum atomic E-state index is 12.6. The van der Waals surface area contributed by atoms with E-state index in [2.05, 4.69) is 44.5 Å². The number of amides is 1. The summed E-state index contributed by atoms with van der Waals surface area (Å²) in [5, 5.41) is 2.99. The molecule has 2 heterocycles. The Labute approximate surface area is 210 Å². The highest BCUT2D eigenvalue weighted by molar-refractivity contribution is 6.31. The van der Waals surface area contributed by atoms with Gasteiger partial charge in [-0.2, -0.15) is 0 Å². The molecule has 1 atom stereocenters. The second kappa shape index (κ2) is 11.9. The molecule has 1 aromatic heterocycles. The maximum Gasteiger partial charge on any atom is 0.274 e. The van der Waals surface area contributed by atoms with Gasteiger partial charge in [0, 0.05) is 12.6 Å². The highest BCUT2D eigenvalue weighted by Gasteiger charge is 2.24. The number of aryl methyl sites for hydroxylation is 1. The molecule has 2 aromatic carbocycles. The van der Waals surface area contributed by atoms with E-state index in [-0.39, 0.29) is 34.4 Å². The molecule has 0 spiro atoms. The molecule has 8 nitrogen and oxygen atoms in total. The molecular weight excluding hydrogens is 464 g/mol. The van der Waals surface area contributed by atoms with Crippen LogP contribution in [-0.4, -0.2) is 46.5 Å². The van der Waals surface area contributed by atoms with E-state index in [0.29, 0.717) is 6.61 Å². The fraction of sp³-hybridized carbons (Fsp3) is 0.346. The summed E-state index contributed by atoms with van der Waals surface area (Å²) in [5.41, 5.74) is 13.9. The Morgan fingerprint density at radius 3 is 2.60 bits per heavy atom. The molecule has 1 unspecified atom stereocenters. The smallest absolute Gasteiger partial charge is 0.274 e. The summed E-state index contributed by atoms with van der Waals surface area (Å²) in [6, 6.07) is 18.5. The zero-order valence-electron chi connectivity index (χ0n) is 19.6. The minimum absolute atomic E-state index is 0.0116. The van der Waals surface area contributed by atoms with Gasteiger partial charge < -0.3 is 26.4 Å². The van der Waals surface area contributed by atoms with E-state index in [0.717, 1.165) is 56.6 Å². The molecule has 3 aromatic rings. The van der Waals surface area contributed by atoms with E-state index in [4.69, 9.17) is 27.8 Å². The summed E-state index contributed by atoms with van der Waals surface area (Å²) in [6.45, 7) is 3.34. The fourth-order valence-corrected chi connectivity index (χ4v) is 4.37. The van der Waals surface area contributed by atoms with Gasteiger partial charge in [-0.05, 0) is 62.0 Å². The second-order valence-corrected chi connectivity index (χ2v) is 9.13. The third-order valence-electron chi connectivity index (χ3n) is 6.07. The number of hydrogen-bond acceptors (Lipinski definition) is 7. The first-order valence-corrected chi connectivity index (χ1v) is 12.2. The number of carbonyl (C=O) groups is 1. The van der Waals surface area contributed by atoms with E-state index >= 15 is 0 Å². The lowest BCUT2D eigenvalue weighted by molar-refractivity contribution is 0.0899. The summed E-state index contributed by atoms with van der Waals surface area (Å²) in [5.74, 6) is 0.491. The van der Waals surface area contributed by atoms with Gasteiger partial charge in [-0.25, -0.2) is 9.97 Å². The van der Waals surface area contributed by atoms with Gasteiger partial charge in [0.05, 0.1) is 0 Å². The number of carbonyl (C=O) groups excluding carboxylic acids is 1. The van der Waals surface area contributed by atoms with Crippen molar-refractivity contribution >= 4 is 29.1 Å². The third kappa shape index (κ3) is 7.07. The van der Waals surface area contributed by atoms with Crippen molar-refractivity contribution in [2.24, 2.45) is 0 Å². The van der Waals surface area contributed by atoms with E-state index < -0.39 is 0 Å². The standard InChI is InChI=1S/C26H31ClN6O2/c27-23-25(29)32-24(28)22(31-23)26(34)30-20-9-5-15-33(16-20)14-4-8-18-10-12-21(13-11-18)35-17-19-6-2-1-3-7-19/h1-3,6-7,10-13,20H,4-5,8-9,14-17H2,(H,30,34)(H4,28,29,32). The minimum Gasteiger partial charge on any atom is -0.489 e. The first kappa shape index (κ1) is 24.8. The fourth-order valence-electron chi connectivity index (χ4n) is 4.24. The van der Waals surface area contributed by atoms with Crippen molar-refractivity contribution in [1.29, 1.82) is 0 Å². The van der Waals surface area contributed by atoms with E-state index in [9.17, 15) is 4.79 Å².